The molecule has 0 bridgehead atoms. The van der Waals surface area contributed by atoms with Gasteiger partial charge < -0.3 is 15.0 Å². The van der Waals surface area contributed by atoms with Crippen LogP contribution in [-0.2, 0) is 0 Å². The molecule has 0 saturated carbocycles. The monoisotopic (exact) mass is 291 g/mol. The maximum atomic E-state index is 5.49. The van der Waals surface area contributed by atoms with Gasteiger partial charge in [0.15, 0.2) is 0 Å². The Labute approximate surface area is 128 Å². The fourth-order valence-corrected chi connectivity index (χ4v) is 2.75. The lowest BCUT2D eigenvalue weighted by molar-refractivity contribution is 0.326. The molecule has 0 amide bonds. The summed E-state index contributed by atoms with van der Waals surface area (Å²) in [7, 11) is 0. The van der Waals surface area contributed by atoms with Crippen molar-refractivity contribution in [1.82, 2.24) is 10.3 Å². The minimum Gasteiger partial charge on any atom is -0.478 e. The Bertz CT molecular complexity index is 414. The quantitative estimate of drug-likeness (QED) is 0.838. The standard InChI is InChI=1S/C17H29N3O/c1-4-21-17-7-5-6-16(19-17)20-10-8-15(9-11-20)13-18-12-14(2)3/h5-7,14-15,18H,4,8-13H2,1-3H3. The van der Waals surface area contributed by atoms with E-state index in [1.165, 1.54) is 12.8 Å². The highest BCUT2D eigenvalue weighted by atomic mass is 16.5. The number of pyridine rings is 1. The summed E-state index contributed by atoms with van der Waals surface area (Å²) >= 11 is 0. The first-order valence-electron chi connectivity index (χ1n) is 8.24. The molecule has 0 aromatic carbocycles. The lowest BCUT2D eigenvalue weighted by atomic mass is 9.96. The number of nitrogens with zero attached hydrogens (tertiary/aromatic N) is 2. The largest absolute Gasteiger partial charge is 0.478 e. The van der Waals surface area contributed by atoms with E-state index in [4.69, 9.17) is 4.74 Å². The normalized spacial score (nSPS) is 16.5. The summed E-state index contributed by atoms with van der Waals surface area (Å²) in [6.07, 6.45) is 2.48. The summed E-state index contributed by atoms with van der Waals surface area (Å²) in [4.78, 5) is 6.96. The van der Waals surface area contributed by atoms with E-state index in [2.05, 4.69) is 35.1 Å². The van der Waals surface area contributed by atoms with Gasteiger partial charge in [-0.1, -0.05) is 19.9 Å². The lowest BCUT2D eigenvalue weighted by Crippen LogP contribution is -2.38. The van der Waals surface area contributed by atoms with Gasteiger partial charge in [-0.3, -0.25) is 0 Å². The Balaban J connectivity index is 1.79. The molecule has 2 heterocycles. The molecule has 1 aromatic heterocycles. The molecule has 4 heteroatoms. The van der Waals surface area contributed by atoms with Crippen LogP contribution in [0, 0.1) is 11.8 Å². The third-order valence-corrected chi connectivity index (χ3v) is 3.93. The highest BCUT2D eigenvalue weighted by Gasteiger charge is 2.20. The van der Waals surface area contributed by atoms with E-state index in [-0.39, 0.29) is 0 Å². The number of aromatic nitrogens is 1. The number of ether oxygens (including phenoxy) is 1. The fourth-order valence-electron chi connectivity index (χ4n) is 2.75. The third-order valence-electron chi connectivity index (χ3n) is 3.93. The zero-order valence-corrected chi connectivity index (χ0v) is 13.6. The van der Waals surface area contributed by atoms with Gasteiger partial charge in [-0.15, -0.1) is 0 Å². The van der Waals surface area contributed by atoms with E-state index >= 15 is 0 Å². The van der Waals surface area contributed by atoms with Gasteiger partial charge >= 0.3 is 0 Å². The molecule has 0 spiro atoms. The second kappa shape index (κ2) is 8.23. The van der Waals surface area contributed by atoms with Crippen molar-refractivity contribution in [3.8, 4) is 5.88 Å². The summed E-state index contributed by atoms with van der Waals surface area (Å²) in [5.74, 6) is 3.32. The number of nitrogens with one attached hydrogen (secondary N) is 1. The van der Waals surface area contributed by atoms with Gasteiger partial charge in [0.25, 0.3) is 0 Å². The highest BCUT2D eigenvalue weighted by Crippen LogP contribution is 2.23. The molecule has 1 N–H and O–H groups in total. The zero-order chi connectivity index (χ0) is 15.1. The van der Waals surface area contributed by atoms with Gasteiger partial charge in [0.1, 0.15) is 5.82 Å². The van der Waals surface area contributed by atoms with E-state index in [1.54, 1.807) is 0 Å². The summed E-state index contributed by atoms with van der Waals surface area (Å²) in [5, 5.41) is 3.58. The molecule has 1 saturated heterocycles. The summed E-state index contributed by atoms with van der Waals surface area (Å²) < 4.78 is 5.49. The summed E-state index contributed by atoms with van der Waals surface area (Å²) in [6, 6.07) is 6.04. The van der Waals surface area contributed by atoms with E-state index in [0.29, 0.717) is 6.61 Å². The Kier molecular flexibility index (Phi) is 6.30. The predicted molar refractivity (Wildman–Crippen MR) is 88.1 cm³/mol. The number of anilines is 1. The maximum absolute atomic E-state index is 5.49. The van der Waals surface area contributed by atoms with Crippen molar-refractivity contribution in [2.45, 2.75) is 33.6 Å². The van der Waals surface area contributed by atoms with Crippen LogP contribution in [0.1, 0.15) is 33.6 Å². The van der Waals surface area contributed by atoms with Crippen LogP contribution in [-0.4, -0.2) is 37.8 Å². The number of rotatable bonds is 7. The first-order chi connectivity index (χ1) is 10.2. The maximum Gasteiger partial charge on any atom is 0.215 e. The molecule has 1 aromatic rings. The van der Waals surface area contributed by atoms with Crippen molar-refractivity contribution in [1.29, 1.82) is 0 Å². The minimum absolute atomic E-state index is 0.667. The molecule has 0 radical (unpaired) electrons. The number of hydrogen-bond acceptors (Lipinski definition) is 4. The van der Waals surface area contributed by atoms with Gasteiger partial charge in [0.2, 0.25) is 5.88 Å². The predicted octanol–water partition coefficient (Wildman–Crippen LogP) is 2.94. The zero-order valence-electron chi connectivity index (χ0n) is 13.6. The van der Waals surface area contributed by atoms with Crippen molar-refractivity contribution in [2.75, 3.05) is 37.7 Å². The van der Waals surface area contributed by atoms with Crippen molar-refractivity contribution >= 4 is 5.82 Å². The molecular weight excluding hydrogens is 262 g/mol. The van der Waals surface area contributed by atoms with Crippen LogP contribution in [0.15, 0.2) is 18.2 Å². The molecule has 2 rings (SSSR count). The Morgan fingerprint density at radius 1 is 1.33 bits per heavy atom. The molecular formula is C17H29N3O. The number of hydrogen-bond donors (Lipinski definition) is 1. The van der Waals surface area contributed by atoms with Crippen LogP contribution < -0.4 is 15.0 Å². The van der Waals surface area contributed by atoms with Gasteiger partial charge in [-0.25, -0.2) is 0 Å². The van der Waals surface area contributed by atoms with Gasteiger partial charge in [0.05, 0.1) is 6.61 Å². The van der Waals surface area contributed by atoms with Crippen LogP contribution >= 0.6 is 0 Å². The molecule has 4 nitrogen and oxygen atoms in total. The average molecular weight is 291 g/mol. The Hall–Kier alpha value is -1.29. The Morgan fingerprint density at radius 3 is 2.76 bits per heavy atom. The minimum atomic E-state index is 0.667. The summed E-state index contributed by atoms with van der Waals surface area (Å²) in [6.45, 7) is 11.6. The van der Waals surface area contributed by atoms with Gasteiger partial charge in [-0.2, -0.15) is 4.98 Å². The summed E-state index contributed by atoms with van der Waals surface area (Å²) in [5.41, 5.74) is 0. The van der Waals surface area contributed by atoms with E-state index < -0.39 is 0 Å². The highest BCUT2D eigenvalue weighted by molar-refractivity contribution is 5.41. The molecule has 1 aliphatic rings. The first kappa shape index (κ1) is 16.1. The average Bonchev–Trinajstić information content (AvgIpc) is 2.48. The first-order valence-corrected chi connectivity index (χ1v) is 8.24. The van der Waals surface area contributed by atoms with E-state index in [9.17, 15) is 0 Å². The van der Waals surface area contributed by atoms with Gasteiger partial charge in [0, 0.05) is 19.2 Å². The third kappa shape index (κ3) is 5.20. The number of piperidine rings is 1. The molecule has 1 aliphatic heterocycles. The van der Waals surface area contributed by atoms with Crippen molar-refractivity contribution in [3.05, 3.63) is 18.2 Å². The molecule has 118 valence electrons. The molecule has 0 atom stereocenters. The second-order valence-electron chi connectivity index (χ2n) is 6.25. The lowest BCUT2D eigenvalue weighted by Gasteiger charge is -2.33. The smallest absolute Gasteiger partial charge is 0.215 e. The van der Waals surface area contributed by atoms with Crippen molar-refractivity contribution in [3.63, 3.8) is 0 Å². The molecule has 1 fully saturated rings. The van der Waals surface area contributed by atoms with Gasteiger partial charge in [-0.05, 0) is 50.8 Å². The SMILES string of the molecule is CCOc1cccc(N2CCC(CNCC(C)C)CC2)n1. The van der Waals surface area contributed by atoms with E-state index in [0.717, 1.165) is 49.7 Å². The Morgan fingerprint density at radius 2 is 2.10 bits per heavy atom. The molecule has 0 aliphatic carbocycles. The van der Waals surface area contributed by atoms with Crippen molar-refractivity contribution in [2.24, 2.45) is 11.8 Å². The topological polar surface area (TPSA) is 37.4 Å². The fraction of sp³-hybridized carbons (Fsp3) is 0.706. The van der Waals surface area contributed by atoms with Crippen molar-refractivity contribution < 1.29 is 4.74 Å². The van der Waals surface area contributed by atoms with E-state index in [1.807, 2.05) is 19.1 Å². The van der Waals surface area contributed by atoms with Crippen LogP contribution in [0.25, 0.3) is 0 Å². The molecule has 0 unspecified atom stereocenters. The molecule has 21 heavy (non-hydrogen) atoms. The van der Waals surface area contributed by atoms with Crippen LogP contribution in [0.4, 0.5) is 5.82 Å². The second-order valence-corrected chi connectivity index (χ2v) is 6.25. The van der Waals surface area contributed by atoms with Crippen LogP contribution in [0.3, 0.4) is 0 Å². The van der Waals surface area contributed by atoms with Crippen LogP contribution in [0.2, 0.25) is 0 Å². The van der Waals surface area contributed by atoms with Crippen LogP contribution in [0.5, 0.6) is 5.88 Å².